The molecule has 2 aromatic rings. The van der Waals surface area contributed by atoms with Gasteiger partial charge in [-0.1, -0.05) is 6.08 Å². The number of benzene rings is 1. The van der Waals surface area contributed by atoms with Gasteiger partial charge in [0.1, 0.15) is 12.1 Å². The summed E-state index contributed by atoms with van der Waals surface area (Å²) >= 11 is 0. The second-order valence-electron chi connectivity index (χ2n) is 6.01. The second-order valence-corrected chi connectivity index (χ2v) is 6.01. The minimum Gasteiger partial charge on any atom is -0.504 e. The van der Waals surface area contributed by atoms with E-state index in [-0.39, 0.29) is 23.7 Å². The highest BCUT2D eigenvalue weighted by molar-refractivity contribution is 5.92. The Kier molecular flexibility index (Phi) is 4.85. The highest BCUT2D eigenvalue weighted by Gasteiger charge is 2.34. The van der Waals surface area contributed by atoms with Gasteiger partial charge in [0, 0.05) is 29.6 Å². The van der Waals surface area contributed by atoms with E-state index < -0.39 is 11.8 Å². The first-order valence-electron chi connectivity index (χ1n) is 8.00. The third-order valence-corrected chi connectivity index (χ3v) is 4.06. The summed E-state index contributed by atoms with van der Waals surface area (Å²) in [6.07, 6.45) is 3.31. The third-order valence-electron chi connectivity index (χ3n) is 4.06. The van der Waals surface area contributed by atoms with Crippen molar-refractivity contribution >= 4 is 22.9 Å². The van der Waals surface area contributed by atoms with Crippen molar-refractivity contribution in [2.24, 2.45) is 0 Å². The van der Waals surface area contributed by atoms with Gasteiger partial charge in [-0.05, 0) is 13.0 Å². The molecular weight excluding hydrogens is 357 g/mol. The predicted molar refractivity (Wildman–Crippen MR) is 95.2 cm³/mol. The zero-order chi connectivity index (χ0) is 19.6. The number of phenolic OH excluding ortho intramolecular Hbond substituents is 1. The van der Waals surface area contributed by atoms with Gasteiger partial charge in [0.05, 0.1) is 19.7 Å². The first-order valence-corrected chi connectivity index (χ1v) is 8.00. The van der Waals surface area contributed by atoms with Gasteiger partial charge in [-0.15, -0.1) is 0 Å². The van der Waals surface area contributed by atoms with E-state index in [1.54, 1.807) is 12.1 Å². The molecule has 0 aliphatic heterocycles. The highest BCUT2D eigenvalue weighted by Crippen LogP contribution is 2.35. The molecule has 0 radical (unpaired) electrons. The lowest BCUT2D eigenvalue weighted by molar-refractivity contribution is 0.0650. The number of aromatic nitrogens is 2. The molecule has 9 heteroatoms. The lowest BCUT2D eigenvalue weighted by Crippen LogP contribution is -2.27. The minimum absolute atomic E-state index is 0.00864. The standard InChI is InChI=1S/C18H18FN3O5/c1-18(19)5-4-10(6-15(18)27-17(24)26-3)22-16-11-7-14(25-2)13(23)8-12(11)20-9-21-16/h4,6-9,23H,5H2,1-3H3,(H,20,21,22). The predicted octanol–water partition coefficient (Wildman–Crippen LogP) is 3.44. The molecule has 27 heavy (non-hydrogen) atoms. The van der Waals surface area contributed by atoms with Crippen LogP contribution in [0.4, 0.5) is 15.0 Å². The van der Waals surface area contributed by atoms with Gasteiger partial charge in [0.15, 0.2) is 22.9 Å². The maximum Gasteiger partial charge on any atom is 0.513 e. The largest absolute Gasteiger partial charge is 0.513 e. The second kappa shape index (κ2) is 7.10. The lowest BCUT2D eigenvalue weighted by atomic mass is 9.96. The van der Waals surface area contributed by atoms with Crippen LogP contribution in [0.25, 0.3) is 10.9 Å². The lowest BCUT2D eigenvalue weighted by Gasteiger charge is -2.25. The van der Waals surface area contributed by atoms with E-state index in [1.807, 2.05) is 0 Å². The van der Waals surface area contributed by atoms with Crippen molar-refractivity contribution in [1.29, 1.82) is 0 Å². The van der Waals surface area contributed by atoms with E-state index >= 15 is 0 Å². The number of aromatic hydroxyl groups is 1. The maximum atomic E-state index is 14.6. The van der Waals surface area contributed by atoms with E-state index in [0.717, 1.165) is 7.11 Å². The third kappa shape index (κ3) is 3.76. The van der Waals surface area contributed by atoms with Gasteiger partial charge in [0.2, 0.25) is 0 Å². The summed E-state index contributed by atoms with van der Waals surface area (Å²) < 4.78 is 29.1. The molecule has 142 valence electrons. The molecule has 0 fully saturated rings. The molecule has 1 aromatic carbocycles. The quantitative estimate of drug-likeness (QED) is 0.784. The van der Waals surface area contributed by atoms with Crippen LogP contribution in [0.3, 0.4) is 0 Å². The Labute approximate surface area is 154 Å². The van der Waals surface area contributed by atoms with E-state index in [9.17, 15) is 14.3 Å². The molecule has 3 rings (SSSR count). The molecule has 2 N–H and O–H groups in total. The monoisotopic (exact) mass is 375 g/mol. The SMILES string of the molecule is COC(=O)OC1=CC(Nc2ncnc3cc(O)c(OC)cc23)=CCC1(C)F. The van der Waals surface area contributed by atoms with Gasteiger partial charge in [-0.3, -0.25) is 0 Å². The maximum absolute atomic E-state index is 14.6. The number of ether oxygens (including phenoxy) is 3. The number of carbonyl (C=O) groups excluding carboxylic acids is 1. The fourth-order valence-corrected chi connectivity index (χ4v) is 2.58. The Hall–Kier alpha value is -3.36. The summed E-state index contributed by atoms with van der Waals surface area (Å²) in [5, 5.41) is 13.5. The molecule has 0 bridgehead atoms. The Morgan fingerprint density at radius 1 is 1.33 bits per heavy atom. The smallest absolute Gasteiger partial charge is 0.504 e. The zero-order valence-electron chi connectivity index (χ0n) is 14.9. The Bertz CT molecular complexity index is 955. The Morgan fingerprint density at radius 2 is 2.11 bits per heavy atom. The minimum atomic E-state index is -1.85. The topological polar surface area (TPSA) is 103 Å². The van der Waals surface area contributed by atoms with Crippen molar-refractivity contribution in [2.45, 2.75) is 19.0 Å². The van der Waals surface area contributed by atoms with Crippen molar-refractivity contribution in [3.05, 3.63) is 42.1 Å². The number of nitrogens with zero attached hydrogens (tertiary/aromatic N) is 2. The van der Waals surface area contributed by atoms with Gasteiger partial charge >= 0.3 is 6.16 Å². The molecular formula is C18H18FN3O5. The summed E-state index contributed by atoms with van der Waals surface area (Å²) in [6.45, 7) is 1.31. The van der Waals surface area contributed by atoms with Crippen LogP contribution in [0.5, 0.6) is 11.5 Å². The number of halogens is 1. The fourth-order valence-electron chi connectivity index (χ4n) is 2.58. The Morgan fingerprint density at radius 3 is 2.81 bits per heavy atom. The van der Waals surface area contributed by atoms with Crippen LogP contribution in [0.15, 0.2) is 42.1 Å². The van der Waals surface area contributed by atoms with E-state index in [1.165, 1.54) is 32.5 Å². The number of anilines is 1. The van der Waals surface area contributed by atoms with Gasteiger partial charge in [0.25, 0.3) is 0 Å². The number of fused-ring (bicyclic) bond motifs is 1. The van der Waals surface area contributed by atoms with Crippen LogP contribution in [0, 0.1) is 0 Å². The molecule has 1 heterocycles. The van der Waals surface area contributed by atoms with Gasteiger partial charge < -0.3 is 24.6 Å². The van der Waals surface area contributed by atoms with Crippen LogP contribution in [0.2, 0.25) is 0 Å². The molecule has 1 aliphatic rings. The highest BCUT2D eigenvalue weighted by atomic mass is 19.1. The van der Waals surface area contributed by atoms with Crippen LogP contribution in [-0.4, -0.2) is 41.1 Å². The van der Waals surface area contributed by atoms with E-state index in [0.29, 0.717) is 22.4 Å². The molecule has 0 saturated heterocycles. The Balaban J connectivity index is 1.95. The van der Waals surface area contributed by atoms with Crippen molar-refractivity contribution < 1.29 is 28.5 Å². The normalized spacial score (nSPS) is 19.1. The number of hydrogen-bond donors (Lipinski definition) is 2. The summed E-state index contributed by atoms with van der Waals surface area (Å²) in [5.74, 6) is 0.460. The average molecular weight is 375 g/mol. The summed E-state index contributed by atoms with van der Waals surface area (Å²) in [7, 11) is 2.58. The summed E-state index contributed by atoms with van der Waals surface area (Å²) in [6, 6.07) is 3.04. The van der Waals surface area contributed by atoms with Crippen LogP contribution < -0.4 is 10.1 Å². The summed E-state index contributed by atoms with van der Waals surface area (Å²) in [4.78, 5) is 19.7. The van der Waals surface area contributed by atoms with Crippen molar-refractivity contribution in [2.75, 3.05) is 19.5 Å². The number of allylic oxidation sites excluding steroid dienone is 3. The zero-order valence-corrected chi connectivity index (χ0v) is 14.9. The van der Waals surface area contributed by atoms with Gasteiger partial charge in [-0.25, -0.2) is 19.2 Å². The van der Waals surface area contributed by atoms with Crippen molar-refractivity contribution in [3.8, 4) is 11.5 Å². The van der Waals surface area contributed by atoms with E-state index in [4.69, 9.17) is 9.47 Å². The first-order chi connectivity index (χ1) is 12.8. The molecule has 0 amide bonds. The molecule has 0 saturated carbocycles. The molecule has 1 atom stereocenters. The molecule has 1 aliphatic carbocycles. The van der Waals surface area contributed by atoms with Gasteiger partial charge in [-0.2, -0.15) is 0 Å². The fraction of sp³-hybridized carbons (Fsp3) is 0.278. The number of phenols is 1. The van der Waals surface area contributed by atoms with Crippen molar-refractivity contribution in [1.82, 2.24) is 9.97 Å². The van der Waals surface area contributed by atoms with Crippen LogP contribution >= 0.6 is 0 Å². The average Bonchev–Trinajstić information content (AvgIpc) is 2.64. The molecule has 1 unspecified atom stereocenters. The van der Waals surface area contributed by atoms with Crippen LogP contribution in [0.1, 0.15) is 13.3 Å². The number of rotatable bonds is 4. The first kappa shape index (κ1) is 18.4. The number of nitrogens with one attached hydrogen (secondary N) is 1. The number of methoxy groups -OCH3 is 2. The summed E-state index contributed by atoms with van der Waals surface area (Å²) in [5.41, 5.74) is -0.870. The van der Waals surface area contributed by atoms with E-state index in [2.05, 4.69) is 20.0 Å². The number of hydrogen-bond acceptors (Lipinski definition) is 8. The number of carbonyl (C=O) groups is 1. The molecule has 0 spiro atoms. The van der Waals surface area contributed by atoms with Crippen LogP contribution in [-0.2, 0) is 9.47 Å². The van der Waals surface area contributed by atoms with Crippen molar-refractivity contribution in [3.63, 3.8) is 0 Å². The number of alkyl halides is 1. The molecule has 8 nitrogen and oxygen atoms in total. The molecule has 1 aromatic heterocycles.